The summed E-state index contributed by atoms with van der Waals surface area (Å²) < 4.78 is 6.00. The van der Waals surface area contributed by atoms with E-state index >= 15 is 0 Å². The van der Waals surface area contributed by atoms with E-state index in [1.165, 1.54) is 11.0 Å². The number of nitrogens with one attached hydrogen (secondary N) is 1. The Hall–Kier alpha value is -3.10. The van der Waals surface area contributed by atoms with Crippen molar-refractivity contribution in [2.75, 3.05) is 5.32 Å². The lowest BCUT2D eigenvalue weighted by Gasteiger charge is -2.03. The predicted octanol–water partition coefficient (Wildman–Crippen LogP) is 0.670. The second-order valence-electron chi connectivity index (χ2n) is 4.38. The quantitative estimate of drug-likeness (QED) is 0.749. The van der Waals surface area contributed by atoms with Crippen LogP contribution in [0.3, 0.4) is 0 Å². The number of hydrogen-bond acceptors (Lipinski definition) is 7. The van der Waals surface area contributed by atoms with Crippen LogP contribution >= 0.6 is 0 Å². The summed E-state index contributed by atoms with van der Waals surface area (Å²) in [5.74, 6) is -0.0664. The standard InChI is InChI=1S/C12H11N7O2/c1-8-2-4-9(5-3-8)11-12(16-21-15-11)14-10(20)6-19-7-13-17-18-19/h2-5,7H,6H2,1H3,(H,14,16,20). The molecule has 0 radical (unpaired) electrons. The van der Waals surface area contributed by atoms with Gasteiger partial charge < -0.3 is 5.32 Å². The van der Waals surface area contributed by atoms with Crippen LogP contribution in [0.4, 0.5) is 5.82 Å². The van der Waals surface area contributed by atoms with Crippen molar-refractivity contribution in [1.82, 2.24) is 30.5 Å². The number of anilines is 1. The summed E-state index contributed by atoms with van der Waals surface area (Å²) in [6, 6.07) is 7.64. The molecule has 0 fully saturated rings. The van der Waals surface area contributed by atoms with Crippen LogP contribution in [-0.2, 0) is 11.3 Å². The smallest absolute Gasteiger partial charge is 0.247 e. The molecule has 0 aliphatic carbocycles. The van der Waals surface area contributed by atoms with Gasteiger partial charge in [0.2, 0.25) is 11.7 Å². The molecule has 1 amide bonds. The average molecular weight is 285 g/mol. The third-order valence-corrected chi connectivity index (χ3v) is 2.77. The zero-order valence-electron chi connectivity index (χ0n) is 11.1. The van der Waals surface area contributed by atoms with E-state index in [1.54, 1.807) is 0 Å². The van der Waals surface area contributed by atoms with Gasteiger partial charge in [0.25, 0.3) is 0 Å². The molecule has 9 nitrogen and oxygen atoms in total. The summed E-state index contributed by atoms with van der Waals surface area (Å²) in [6.07, 6.45) is 1.35. The Morgan fingerprint density at radius 3 is 2.81 bits per heavy atom. The number of tetrazole rings is 1. The van der Waals surface area contributed by atoms with E-state index in [-0.39, 0.29) is 18.3 Å². The minimum Gasteiger partial charge on any atom is -0.304 e. The van der Waals surface area contributed by atoms with Crippen molar-refractivity contribution >= 4 is 11.7 Å². The summed E-state index contributed by atoms with van der Waals surface area (Å²) in [7, 11) is 0. The number of nitrogens with zero attached hydrogens (tertiary/aromatic N) is 6. The summed E-state index contributed by atoms with van der Waals surface area (Å²) in [6.45, 7) is 1.97. The van der Waals surface area contributed by atoms with Crippen LogP contribution in [0.1, 0.15) is 5.56 Å². The first-order valence-electron chi connectivity index (χ1n) is 6.12. The highest BCUT2D eigenvalue weighted by Gasteiger charge is 2.15. The van der Waals surface area contributed by atoms with Crippen molar-refractivity contribution in [1.29, 1.82) is 0 Å². The van der Waals surface area contributed by atoms with Crippen LogP contribution in [0.15, 0.2) is 35.2 Å². The fraction of sp³-hybridized carbons (Fsp3) is 0.167. The molecule has 2 aromatic heterocycles. The first kappa shape index (κ1) is 12.9. The number of carbonyl (C=O) groups is 1. The zero-order chi connectivity index (χ0) is 14.7. The molecule has 0 bridgehead atoms. The molecular weight excluding hydrogens is 274 g/mol. The average Bonchev–Trinajstić information content (AvgIpc) is 3.11. The van der Waals surface area contributed by atoms with Gasteiger partial charge in [-0.15, -0.1) is 5.10 Å². The van der Waals surface area contributed by atoms with Crippen molar-refractivity contribution in [2.24, 2.45) is 0 Å². The van der Waals surface area contributed by atoms with Gasteiger partial charge in [-0.2, -0.15) is 0 Å². The zero-order valence-corrected chi connectivity index (χ0v) is 11.1. The summed E-state index contributed by atoms with van der Waals surface area (Å²) in [4.78, 5) is 11.9. The molecule has 1 N–H and O–H groups in total. The number of aryl methyl sites for hydroxylation is 1. The van der Waals surface area contributed by atoms with Crippen LogP contribution in [0, 0.1) is 6.92 Å². The molecule has 0 spiro atoms. The van der Waals surface area contributed by atoms with Crippen LogP contribution in [-0.4, -0.2) is 36.4 Å². The van der Waals surface area contributed by atoms with Gasteiger partial charge in [0.1, 0.15) is 12.9 Å². The van der Waals surface area contributed by atoms with Gasteiger partial charge in [0, 0.05) is 5.56 Å². The first-order valence-corrected chi connectivity index (χ1v) is 6.12. The molecule has 0 atom stereocenters. The molecule has 0 aliphatic rings. The highest BCUT2D eigenvalue weighted by Crippen LogP contribution is 2.24. The molecule has 0 saturated carbocycles. The maximum absolute atomic E-state index is 11.9. The van der Waals surface area contributed by atoms with Gasteiger partial charge in [0.05, 0.1) is 0 Å². The van der Waals surface area contributed by atoms with Gasteiger partial charge in [-0.3, -0.25) is 4.79 Å². The molecule has 0 saturated heterocycles. The molecular formula is C12H11N7O2. The highest BCUT2D eigenvalue weighted by molar-refractivity contribution is 5.92. The van der Waals surface area contributed by atoms with E-state index in [2.05, 4.69) is 31.2 Å². The Bertz CT molecular complexity index is 733. The lowest BCUT2D eigenvalue weighted by molar-refractivity contribution is -0.117. The molecule has 9 heteroatoms. The normalized spacial score (nSPS) is 10.5. The minimum atomic E-state index is -0.327. The molecule has 3 rings (SSSR count). The molecule has 0 aliphatic heterocycles. The van der Waals surface area contributed by atoms with E-state index in [9.17, 15) is 4.79 Å². The van der Waals surface area contributed by atoms with Crippen molar-refractivity contribution in [3.05, 3.63) is 36.2 Å². The predicted molar refractivity (Wildman–Crippen MR) is 70.9 cm³/mol. The summed E-state index contributed by atoms with van der Waals surface area (Å²) >= 11 is 0. The lowest BCUT2D eigenvalue weighted by atomic mass is 10.1. The number of benzene rings is 1. The van der Waals surface area contributed by atoms with Gasteiger partial charge >= 0.3 is 0 Å². The second kappa shape index (κ2) is 5.49. The van der Waals surface area contributed by atoms with E-state index < -0.39 is 0 Å². The van der Waals surface area contributed by atoms with Crippen LogP contribution in [0.25, 0.3) is 11.3 Å². The molecule has 2 heterocycles. The van der Waals surface area contributed by atoms with Crippen molar-refractivity contribution in [2.45, 2.75) is 13.5 Å². The number of rotatable bonds is 4. The van der Waals surface area contributed by atoms with Gasteiger partial charge in [-0.05, 0) is 27.7 Å². The van der Waals surface area contributed by atoms with E-state index in [1.807, 2.05) is 31.2 Å². The molecule has 106 valence electrons. The van der Waals surface area contributed by atoms with Gasteiger partial charge in [0.15, 0.2) is 5.69 Å². The summed E-state index contributed by atoms with van der Waals surface area (Å²) in [5, 5.41) is 20.7. The maximum atomic E-state index is 11.9. The monoisotopic (exact) mass is 285 g/mol. The third kappa shape index (κ3) is 2.91. The summed E-state index contributed by atoms with van der Waals surface area (Å²) in [5.41, 5.74) is 2.40. The second-order valence-corrected chi connectivity index (χ2v) is 4.38. The van der Waals surface area contributed by atoms with Crippen LogP contribution in [0.5, 0.6) is 0 Å². The fourth-order valence-electron chi connectivity index (χ4n) is 1.74. The van der Waals surface area contributed by atoms with E-state index in [0.29, 0.717) is 5.69 Å². The minimum absolute atomic E-state index is 0.0206. The van der Waals surface area contributed by atoms with Crippen molar-refractivity contribution in [3.8, 4) is 11.3 Å². The number of hydrogen-bond donors (Lipinski definition) is 1. The van der Waals surface area contributed by atoms with Crippen molar-refractivity contribution in [3.63, 3.8) is 0 Å². The first-order chi connectivity index (χ1) is 10.2. The fourth-order valence-corrected chi connectivity index (χ4v) is 1.74. The molecule has 21 heavy (non-hydrogen) atoms. The van der Waals surface area contributed by atoms with Gasteiger partial charge in [-0.25, -0.2) is 9.31 Å². The molecule has 1 aromatic carbocycles. The lowest BCUT2D eigenvalue weighted by Crippen LogP contribution is -2.19. The Labute approximate surface area is 118 Å². The number of amides is 1. The van der Waals surface area contributed by atoms with Crippen LogP contribution < -0.4 is 5.32 Å². The number of carbonyl (C=O) groups excluding carboxylic acids is 1. The highest BCUT2D eigenvalue weighted by atomic mass is 16.6. The third-order valence-electron chi connectivity index (χ3n) is 2.77. The van der Waals surface area contributed by atoms with Crippen molar-refractivity contribution < 1.29 is 9.42 Å². The van der Waals surface area contributed by atoms with Crippen LogP contribution in [0.2, 0.25) is 0 Å². The Morgan fingerprint density at radius 2 is 2.10 bits per heavy atom. The largest absolute Gasteiger partial charge is 0.304 e. The topological polar surface area (TPSA) is 112 Å². The maximum Gasteiger partial charge on any atom is 0.247 e. The van der Waals surface area contributed by atoms with Gasteiger partial charge in [-0.1, -0.05) is 29.8 Å². The number of aromatic nitrogens is 6. The molecule has 3 aromatic rings. The Balaban J connectivity index is 1.76. The van der Waals surface area contributed by atoms with E-state index in [0.717, 1.165) is 11.1 Å². The SMILES string of the molecule is Cc1ccc(-c2nonc2NC(=O)Cn2cnnn2)cc1. The Kier molecular flexibility index (Phi) is 3.37. The Morgan fingerprint density at radius 1 is 1.29 bits per heavy atom. The van der Waals surface area contributed by atoms with E-state index in [4.69, 9.17) is 4.63 Å². The molecule has 0 unspecified atom stereocenters.